The molecule has 4 rings (SSSR count). The van der Waals surface area contributed by atoms with Gasteiger partial charge in [-0.1, -0.05) is 24.3 Å². The van der Waals surface area contributed by atoms with E-state index in [1.807, 2.05) is 12.1 Å². The second-order valence-corrected chi connectivity index (χ2v) is 7.62. The summed E-state index contributed by atoms with van der Waals surface area (Å²) in [6, 6.07) is 7.60. The van der Waals surface area contributed by atoms with E-state index in [0.717, 1.165) is 30.3 Å². The molecule has 0 aliphatic heterocycles. The number of benzene rings is 1. The van der Waals surface area contributed by atoms with Crippen LogP contribution in [0.25, 0.3) is 11.4 Å². The Kier molecular flexibility index (Phi) is 5.55. The quantitative estimate of drug-likeness (QED) is 0.524. The van der Waals surface area contributed by atoms with Crippen molar-refractivity contribution >= 4 is 23.1 Å². The number of alkyl halides is 3. The smallest absolute Gasteiger partial charge is 0.378 e. The Bertz CT molecular complexity index is 1030. The second kappa shape index (κ2) is 8.14. The molecule has 2 N–H and O–H groups in total. The minimum atomic E-state index is -4.47. The molecule has 158 valence electrons. The molecular formula is C20H20ClF3N6. The fourth-order valence-corrected chi connectivity index (χ4v) is 3.34. The molecule has 2 aromatic heterocycles. The van der Waals surface area contributed by atoms with Crippen LogP contribution in [0.3, 0.4) is 0 Å². The van der Waals surface area contributed by atoms with E-state index in [2.05, 4.69) is 25.6 Å². The molecule has 1 aliphatic rings. The predicted molar refractivity (Wildman–Crippen MR) is 109 cm³/mol. The number of hydrogen-bond donors (Lipinski definition) is 2. The molecular weight excluding hydrogens is 417 g/mol. The molecule has 1 fully saturated rings. The normalized spacial score (nSPS) is 14.4. The summed E-state index contributed by atoms with van der Waals surface area (Å²) in [6.07, 6.45) is 1.63. The van der Waals surface area contributed by atoms with E-state index >= 15 is 0 Å². The van der Waals surface area contributed by atoms with E-state index in [1.54, 1.807) is 25.4 Å². The van der Waals surface area contributed by atoms with Gasteiger partial charge in [0.15, 0.2) is 11.5 Å². The van der Waals surface area contributed by atoms with Crippen LogP contribution in [0, 0.1) is 0 Å². The predicted octanol–water partition coefficient (Wildman–Crippen LogP) is 5.13. The maximum atomic E-state index is 12.9. The van der Waals surface area contributed by atoms with E-state index < -0.39 is 11.9 Å². The van der Waals surface area contributed by atoms with Gasteiger partial charge in [-0.2, -0.15) is 18.2 Å². The first kappa shape index (κ1) is 20.5. The van der Waals surface area contributed by atoms with Crippen LogP contribution >= 0.6 is 11.6 Å². The van der Waals surface area contributed by atoms with E-state index in [-0.39, 0.29) is 11.1 Å². The summed E-state index contributed by atoms with van der Waals surface area (Å²) in [5.74, 6) is 0.876. The molecule has 6 nitrogen and oxygen atoms in total. The van der Waals surface area contributed by atoms with E-state index in [9.17, 15) is 13.2 Å². The topological polar surface area (TPSA) is 67.7 Å². The highest BCUT2D eigenvalue weighted by atomic mass is 35.5. The number of hydrogen-bond acceptors (Lipinski definition) is 5. The van der Waals surface area contributed by atoms with Gasteiger partial charge < -0.3 is 15.2 Å². The van der Waals surface area contributed by atoms with E-state index in [1.165, 1.54) is 11.0 Å². The van der Waals surface area contributed by atoms with Gasteiger partial charge >= 0.3 is 6.18 Å². The third-order valence-corrected chi connectivity index (χ3v) is 5.25. The average Bonchev–Trinajstić information content (AvgIpc) is 3.07. The van der Waals surface area contributed by atoms with Crippen LogP contribution in [0.5, 0.6) is 0 Å². The molecule has 0 bridgehead atoms. The van der Waals surface area contributed by atoms with Crippen molar-refractivity contribution in [3.63, 3.8) is 0 Å². The maximum absolute atomic E-state index is 12.9. The lowest BCUT2D eigenvalue weighted by atomic mass is 9.93. The number of rotatable bonds is 6. The number of halogens is 4. The van der Waals surface area contributed by atoms with E-state index in [4.69, 9.17) is 11.6 Å². The molecule has 1 saturated carbocycles. The molecule has 0 atom stereocenters. The van der Waals surface area contributed by atoms with Gasteiger partial charge in [0, 0.05) is 31.4 Å². The fourth-order valence-electron chi connectivity index (χ4n) is 3.20. The molecule has 0 unspecified atom stereocenters. The first-order chi connectivity index (χ1) is 14.3. The Labute approximate surface area is 176 Å². The number of imidazole rings is 1. The Morgan fingerprint density at radius 1 is 1.17 bits per heavy atom. The third kappa shape index (κ3) is 4.51. The number of aryl methyl sites for hydroxylation is 1. The fraction of sp³-hybridized carbons (Fsp3) is 0.350. The molecule has 10 heteroatoms. The van der Waals surface area contributed by atoms with Crippen molar-refractivity contribution in [3.05, 3.63) is 53.2 Å². The van der Waals surface area contributed by atoms with Crippen molar-refractivity contribution in [2.75, 3.05) is 10.6 Å². The van der Waals surface area contributed by atoms with Gasteiger partial charge in [0.2, 0.25) is 5.28 Å². The van der Waals surface area contributed by atoms with Crippen LogP contribution in [0.4, 0.5) is 24.7 Å². The lowest BCUT2D eigenvalue weighted by Crippen LogP contribution is -2.27. The summed E-state index contributed by atoms with van der Waals surface area (Å²) in [6.45, 7) is 0.474. The monoisotopic (exact) mass is 436 g/mol. The van der Waals surface area contributed by atoms with Crippen LogP contribution < -0.4 is 10.6 Å². The summed E-state index contributed by atoms with van der Waals surface area (Å²) < 4.78 is 40.0. The van der Waals surface area contributed by atoms with Crippen LogP contribution in [0.15, 0.2) is 36.7 Å². The highest BCUT2D eigenvalue weighted by Gasteiger charge is 2.34. The molecule has 0 saturated heterocycles. The second-order valence-electron chi connectivity index (χ2n) is 7.28. The molecule has 1 aromatic carbocycles. The molecule has 0 spiro atoms. The molecule has 0 amide bonds. The highest BCUT2D eigenvalue weighted by molar-refractivity contribution is 6.28. The summed E-state index contributed by atoms with van der Waals surface area (Å²) in [7, 11) is 1.54. The van der Waals surface area contributed by atoms with Crippen LogP contribution in [0.1, 0.15) is 30.5 Å². The number of anilines is 2. The zero-order valence-electron chi connectivity index (χ0n) is 16.2. The Hall–Kier alpha value is -2.81. The molecule has 30 heavy (non-hydrogen) atoms. The van der Waals surface area contributed by atoms with Gasteiger partial charge in [0.1, 0.15) is 5.82 Å². The van der Waals surface area contributed by atoms with Crippen molar-refractivity contribution in [1.82, 2.24) is 19.5 Å². The Balaban J connectivity index is 1.46. The largest absolute Gasteiger partial charge is 0.434 e. The van der Waals surface area contributed by atoms with Crippen molar-refractivity contribution in [3.8, 4) is 11.4 Å². The summed E-state index contributed by atoms with van der Waals surface area (Å²) in [5, 5.41) is 6.82. The lowest BCUT2D eigenvalue weighted by molar-refractivity contribution is -0.140. The molecule has 2 heterocycles. The SMILES string of the molecule is Cn1cc(C(F)(F)F)nc1-c1ccc(CNc2nc(Cl)ncc2NC2CCC2)cc1. The van der Waals surface area contributed by atoms with Gasteiger partial charge in [-0.05, 0) is 36.4 Å². The highest BCUT2D eigenvalue weighted by Crippen LogP contribution is 2.31. The van der Waals surface area contributed by atoms with Gasteiger partial charge in [-0.3, -0.25) is 0 Å². The van der Waals surface area contributed by atoms with Crippen molar-refractivity contribution < 1.29 is 13.2 Å². The first-order valence-electron chi connectivity index (χ1n) is 9.52. The van der Waals surface area contributed by atoms with Crippen LogP contribution in [-0.4, -0.2) is 25.6 Å². The van der Waals surface area contributed by atoms with Crippen molar-refractivity contribution in [2.24, 2.45) is 7.05 Å². The van der Waals surface area contributed by atoms with Gasteiger partial charge in [-0.25, -0.2) is 9.97 Å². The number of nitrogens with zero attached hydrogens (tertiary/aromatic N) is 4. The van der Waals surface area contributed by atoms with Crippen molar-refractivity contribution in [1.29, 1.82) is 0 Å². The first-order valence-corrected chi connectivity index (χ1v) is 9.90. The minimum absolute atomic E-state index is 0.155. The summed E-state index contributed by atoms with van der Waals surface area (Å²) in [5.41, 5.74) is 1.44. The molecule has 0 radical (unpaired) electrons. The number of aromatic nitrogens is 4. The van der Waals surface area contributed by atoms with Crippen LogP contribution in [-0.2, 0) is 19.8 Å². The Morgan fingerprint density at radius 3 is 2.50 bits per heavy atom. The average molecular weight is 437 g/mol. The Morgan fingerprint density at radius 2 is 1.90 bits per heavy atom. The van der Waals surface area contributed by atoms with Gasteiger partial charge in [-0.15, -0.1) is 0 Å². The summed E-state index contributed by atoms with van der Waals surface area (Å²) in [4.78, 5) is 12.0. The molecule has 1 aliphatic carbocycles. The minimum Gasteiger partial charge on any atom is -0.378 e. The van der Waals surface area contributed by atoms with Crippen LogP contribution in [0.2, 0.25) is 5.28 Å². The zero-order chi connectivity index (χ0) is 21.3. The third-order valence-electron chi connectivity index (χ3n) is 5.06. The maximum Gasteiger partial charge on any atom is 0.434 e. The van der Waals surface area contributed by atoms with Gasteiger partial charge in [0.25, 0.3) is 0 Å². The standard InChI is InChI=1S/C20H20ClF3N6/c1-30-11-16(20(22,23)24)28-18(30)13-7-5-12(6-8-13)9-25-17-15(10-26-19(21)29-17)27-14-3-2-4-14/h5-8,10-11,14,27H,2-4,9H2,1H3,(H,25,26,29). The van der Waals surface area contributed by atoms with E-state index in [0.29, 0.717) is 24.0 Å². The van der Waals surface area contributed by atoms with Crippen molar-refractivity contribution in [2.45, 2.75) is 38.0 Å². The summed E-state index contributed by atoms with van der Waals surface area (Å²) >= 11 is 5.94. The lowest BCUT2D eigenvalue weighted by Gasteiger charge is -2.28. The zero-order valence-corrected chi connectivity index (χ0v) is 16.9. The van der Waals surface area contributed by atoms with Gasteiger partial charge in [0.05, 0.1) is 11.9 Å². The molecule has 3 aromatic rings. The number of nitrogens with one attached hydrogen (secondary N) is 2.